The first-order valence-corrected chi connectivity index (χ1v) is 10.1. The average molecular weight is 424 g/mol. The molecule has 1 aliphatic rings. The van der Waals surface area contributed by atoms with Crippen molar-refractivity contribution in [3.05, 3.63) is 64.7 Å². The van der Waals surface area contributed by atoms with Gasteiger partial charge in [-0.25, -0.2) is 0 Å². The Labute approximate surface area is 182 Å². The molecule has 3 rings (SSSR count). The van der Waals surface area contributed by atoms with Crippen LogP contribution in [-0.2, 0) is 9.59 Å². The highest BCUT2D eigenvalue weighted by molar-refractivity contribution is 6.46. The molecule has 31 heavy (non-hydrogen) atoms. The van der Waals surface area contributed by atoms with Crippen LogP contribution >= 0.6 is 0 Å². The molecule has 0 saturated carbocycles. The van der Waals surface area contributed by atoms with Crippen LogP contribution < -0.4 is 4.74 Å². The zero-order valence-electron chi connectivity index (χ0n) is 18.3. The van der Waals surface area contributed by atoms with Gasteiger partial charge in [-0.3, -0.25) is 9.59 Å². The maximum Gasteiger partial charge on any atom is 0.295 e. The number of nitrogens with zero attached hydrogens (tertiary/aromatic N) is 2. The van der Waals surface area contributed by atoms with Crippen molar-refractivity contribution in [1.82, 2.24) is 9.80 Å². The van der Waals surface area contributed by atoms with E-state index in [-0.39, 0.29) is 17.1 Å². The molecule has 1 fully saturated rings. The first-order valence-electron chi connectivity index (χ1n) is 10.1. The third-order valence-corrected chi connectivity index (χ3v) is 5.42. The molecule has 0 aliphatic carbocycles. The summed E-state index contributed by atoms with van der Waals surface area (Å²) in [4.78, 5) is 29.4. The monoisotopic (exact) mass is 424 g/mol. The van der Waals surface area contributed by atoms with Crippen LogP contribution in [0.25, 0.3) is 5.76 Å². The van der Waals surface area contributed by atoms with Crippen molar-refractivity contribution < 1.29 is 24.5 Å². The molecule has 1 atom stereocenters. The predicted octanol–water partition coefficient (Wildman–Crippen LogP) is 3.08. The van der Waals surface area contributed by atoms with Gasteiger partial charge in [0.1, 0.15) is 17.3 Å². The fraction of sp³-hybridized carbons (Fsp3) is 0.333. The number of ether oxygens (including phenoxy) is 1. The number of carbonyl (C=O) groups excluding carboxylic acids is 2. The smallest absolute Gasteiger partial charge is 0.295 e. The van der Waals surface area contributed by atoms with E-state index in [9.17, 15) is 19.8 Å². The molecule has 0 aromatic heterocycles. The van der Waals surface area contributed by atoms with E-state index >= 15 is 0 Å². The van der Waals surface area contributed by atoms with Crippen molar-refractivity contribution in [3.8, 4) is 11.5 Å². The highest BCUT2D eigenvalue weighted by Crippen LogP contribution is 2.40. The molecule has 2 aromatic carbocycles. The summed E-state index contributed by atoms with van der Waals surface area (Å²) in [5.41, 5.74) is 1.93. The number of ketones is 1. The Bertz CT molecular complexity index is 1010. The highest BCUT2D eigenvalue weighted by atomic mass is 16.5. The number of methoxy groups -OCH3 is 1. The van der Waals surface area contributed by atoms with E-state index in [0.717, 1.165) is 12.1 Å². The summed E-state index contributed by atoms with van der Waals surface area (Å²) in [5.74, 6) is -0.829. The number of aryl methyl sites for hydroxylation is 1. The minimum absolute atomic E-state index is 0.0464. The number of likely N-dealkylation sites (tertiary alicyclic amines) is 1. The summed E-state index contributed by atoms with van der Waals surface area (Å²) >= 11 is 0. The number of carbonyl (C=O) groups is 2. The van der Waals surface area contributed by atoms with Gasteiger partial charge in [0, 0.05) is 12.1 Å². The minimum Gasteiger partial charge on any atom is -0.508 e. The largest absolute Gasteiger partial charge is 0.508 e. The van der Waals surface area contributed by atoms with Crippen molar-refractivity contribution in [3.63, 3.8) is 0 Å². The molecule has 2 aromatic rings. The van der Waals surface area contributed by atoms with Crippen LogP contribution in [0.15, 0.2) is 48.0 Å². The molecule has 0 spiro atoms. The van der Waals surface area contributed by atoms with Gasteiger partial charge in [0.05, 0.1) is 18.7 Å². The summed E-state index contributed by atoms with van der Waals surface area (Å²) in [6.07, 6.45) is 0.677. The third kappa shape index (κ3) is 4.56. The first kappa shape index (κ1) is 22.4. The summed E-state index contributed by atoms with van der Waals surface area (Å²) in [6, 6.07) is 10.7. The lowest BCUT2D eigenvalue weighted by Gasteiger charge is -2.26. The second-order valence-electron chi connectivity index (χ2n) is 7.93. The molecule has 7 heteroatoms. The van der Waals surface area contributed by atoms with E-state index < -0.39 is 17.7 Å². The van der Waals surface area contributed by atoms with Gasteiger partial charge in [-0.1, -0.05) is 12.1 Å². The highest BCUT2D eigenvalue weighted by Gasteiger charge is 2.45. The lowest BCUT2D eigenvalue weighted by molar-refractivity contribution is -0.139. The number of aliphatic hydroxyl groups is 1. The summed E-state index contributed by atoms with van der Waals surface area (Å²) < 4.78 is 5.27. The van der Waals surface area contributed by atoms with Crippen LogP contribution in [0.1, 0.15) is 29.2 Å². The molecule has 1 amide bonds. The molecule has 0 bridgehead atoms. The van der Waals surface area contributed by atoms with Gasteiger partial charge in [0.2, 0.25) is 0 Å². The normalized spacial score (nSPS) is 18.1. The fourth-order valence-electron chi connectivity index (χ4n) is 3.85. The van der Waals surface area contributed by atoms with Crippen molar-refractivity contribution in [2.45, 2.75) is 19.4 Å². The van der Waals surface area contributed by atoms with Crippen molar-refractivity contribution >= 4 is 17.4 Å². The molecule has 164 valence electrons. The van der Waals surface area contributed by atoms with Gasteiger partial charge in [0.15, 0.2) is 0 Å². The number of rotatable bonds is 7. The van der Waals surface area contributed by atoms with Crippen LogP contribution in [0.3, 0.4) is 0 Å². The van der Waals surface area contributed by atoms with Gasteiger partial charge < -0.3 is 24.7 Å². The Hall–Kier alpha value is -3.32. The van der Waals surface area contributed by atoms with E-state index in [1.54, 1.807) is 37.4 Å². The fourth-order valence-corrected chi connectivity index (χ4v) is 3.85. The molecule has 1 saturated heterocycles. The lowest BCUT2D eigenvalue weighted by atomic mass is 9.94. The van der Waals surface area contributed by atoms with E-state index in [1.165, 1.54) is 17.0 Å². The number of phenolic OH excluding ortho intramolecular Hbond substituents is 1. The molecule has 0 radical (unpaired) electrons. The van der Waals surface area contributed by atoms with E-state index in [2.05, 4.69) is 0 Å². The molecule has 2 N–H and O–H groups in total. The van der Waals surface area contributed by atoms with Crippen LogP contribution in [0.5, 0.6) is 11.5 Å². The van der Waals surface area contributed by atoms with Crippen molar-refractivity contribution in [2.24, 2.45) is 0 Å². The topological polar surface area (TPSA) is 90.3 Å². The zero-order valence-corrected chi connectivity index (χ0v) is 18.3. The molecule has 1 heterocycles. The third-order valence-electron chi connectivity index (χ3n) is 5.42. The SMILES string of the molecule is COc1ccc(/C(O)=C2/C(=O)C(=O)N(CCCN(C)C)C2c2ccc(O)cc2)cc1C. The molecule has 7 nitrogen and oxygen atoms in total. The molecular weight excluding hydrogens is 396 g/mol. The number of aliphatic hydroxyl groups excluding tert-OH is 1. The second-order valence-corrected chi connectivity index (χ2v) is 7.93. The van der Waals surface area contributed by atoms with Crippen molar-refractivity contribution in [2.75, 3.05) is 34.3 Å². The number of aromatic hydroxyl groups is 1. The standard InChI is InChI=1S/C24H28N2O5/c1-15-14-17(8-11-19(15)31-4)22(28)20-21(16-6-9-18(27)10-7-16)26(24(30)23(20)29)13-5-12-25(2)3/h6-11,14,21,27-28H,5,12-13H2,1-4H3/b22-20-. The molecule has 1 unspecified atom stereocenters. The number of hydrogen-bond acceptors (Lipinski definition) is 6. The summed E-state index contributed by atoms with van der Waals surface area (Å²) in [6.45, 7) is 2.96. The van der Waals surface area contributed by atoms with Crippen LogP contribution in [-0.4, -0.2) is 66.0 Å². The number of amides is 1. The maximum atomic E-state index is 13.0. The predicted molar refractivity (Wildman–Crippen MR) is 118 cm³/mol. The Balaban J connectivity index is 2.10. The Morgan fingerprint density at radius 2 is 1.81 bits per heavy atom. The number of hydrogen-bond donors (Lipinski definition) is 2. The number of phenols is 1. The Kier molecular flexibility index (Phi) is 6.65. The summed E-state index contributed by atoms with van der Waals surface area (Å²) in [5, 5.41) is 20.8. The van der Waals surface area contributed by atoms with Crippen molar-refractivity contribution in [1.29, 1.82) is 0 Å². The molecule has 1 aliphatic heterocycles. The maximum absolute atomic E-state index is 13.0. The van der Waals surface area contributed by atoms with Gasteiger partial charge >= 0.3 is 0 Å². The second kappa shape index (κ2) is 9.22. The lowest BCUT2D eigenvalue weighted by Crippen LogP contribution is -2.32. The van der Waals surface area contributed by atoms with Gasteiger partial charge in [0.25, 0.3) is 11.7 Å². The van der Waals surface area contributed by atoms with E-state index in [1.807, 2.05) is 25.9 Å². The number of Topliss-reactive ketones (excluding diaryl/α,β-unsaturated/α-hetero) is 1. The number of benzene rings is 2. The summed E-state index contributed by atoms with van der Waals surface area (Å²) in [7, 11) is 5.45. The quantitative estimate of drug-likeness (QED) is 0.403. The average Bonchev–Trinajstić information content (AvgIpc) is 2.98. The first-order chi connectivity index (χ1) is 14.7. The zero-order chi connectivity index (χ0) is 22.7. The Morgan fingerprint density at radius 1 is 1.13 bits per heavy atom. The van der Waals surface area contributed by atoms with Gasteiger partial charge in [-0.2, -0.15) is 0 Å². The van der Waals surface area contributed by atoms with Crippen LogP contribution in [0, 0.1) is 6.92 Å². The molecular formula is C24H28N2O5. The van der Waals surface area contributed by atoms with Crippen LogP contribution in [0.4, 0.5) is 0 Å². The van der Waals surface area contributed by atoms with Gasteiger partial charge in [-0.05, 0) is 75.4 Å². The van der Waals surface area contributed by atoms with Gasteiger partial charge in [-0.15, -0.1) is 0 Å². The van der Waals surface area contributed by atoms with E-state index in [0.29, 0.717) is 29.8 Å². The van der Waals surface area contributed by atoms with E-state index in [4.69, 9.17) is 4.74 Å². The Morgan fingerprint density at radius 3 is 2.39 bits per heavy atom. The van der Waals surface area contributed by atoms with Crippen LogP contribution in [0.2, 0.25) is 0 Å². The minimum atomic E-state index is -0.731.